The number of rotatable bonds is 4. The third-order valence-electron chi connectivity index (χ3n) is 3.43. The van der Waals surface area contributed by atoms with Crippen LogP contribution in [-0.4, -0.2) is 10.9 Å². The summed E-state index contributed by atoms with van der Waals surface area (Å²) >= 11 is 1.45. The van der Waals surface area contributed by atoms with Crippen LogP contribution in [0.5, 0.6) is 0 Å². The minimum atomic E-state index is -0.0785. The molecule has 100 valence electrons. The lowest BCUT2D eigenvalue weighted by molar-refractivity contribution is -0.117. The molecule has 1 saturated carbocycles. The molecule has 1 fully saturated rings. The van der Waals surface area contributed by atoms with Gasteiger partial charge in [-0.1, -0.05) is 19.3 Å². The number of carbonyl (C=O) groups excluding carboxylic acids is 1. The highest BCUT2D eigenvalue weighted by atomic mass is 32.1. The molecule has 1 aliphatic carbocycles. The Balaban J connectivity index is 1.82. The molecule has 1 amide bonds. The van der Waals surface area contributed by atoms with Crippen molar-refractivity contribution in [2.45, 2.75) is 51.5 Å². The van der Waals surface area contributed by atoms with Gasteiger partial charge >= 0.3 is 0 Å². The van der Waals surface area contributed by atoms with Crippen molar-refractivity contribution in [3.63, 3.8) is 0 Å². The van der Waals surface area contributed by atoms with Crippen LogP contribution in [0, 0.1) is 5.92 Å². The molecule has 0 aromatic carbocycles. The van der Waals surface area contributed by atoms with E-state index in [4.69, 9.17) is 5.73 Å². The van der Waals surface area contributed by atoms with Crippen molar-refractivity contribution in [3.8, 4) is 0 Å². The van der Waals surface area contributed by atoms with Gasteiger partial charge in [-0.15, -0.1) is 11.3 Å². The molecule has 0 bridgehead atoms. The van der Waals surface area contributed by atoms with Crippen molar-refractivity contribution in [1.29, 1.82) is 0 Å². The molecular weight excluding hydrogens is 246 g/mol. The summed E-state index contributed by atoms with van der Waals surface area (Å²) in [6, 6.07) is -0.0785. The average molecular weight is 267 g/mol. The van der Waals surface area contributed by atoms with Crippen LogP contribution < -0.4 is 11.1 Å². The Hall–Kier alpha value is -0.940. The van der Waals surface area contributed by atoms with Gasteiger partial charge in [0, 0.05) is 17.8 Å². The van der Waals surface area contributed by atoms with Crippen molar-refractivity contribution in [3.05, 3.63) is 11.1 Å². The number of aromatic nitrogens is 1. The number of anilines is 1. The van der Waals surface area contributed by atoms with Crippen molar-refractivity contribution >= 4 is 22.4 Å². The Morgan fingerprint density at radius 1 is 1.56 bits per heavy atom. The third kappa shape index (κ3) is 3.78. The minimum Gasteiger partial charge on any atom is -0.323 e. The van der Waals surface area contributed by atoms with Crippen LogP contribution in [0.2, 0.25) is 0 Å². The van der Waals surface area contributed by atoms with Crippen LogP contribution in [0.4, 0.5) is 5.13 Å². The van der Waals surface area contributed by atoms with Gasteiger partial charge in [0.2, 0.25) is 5.91 Å². The summed E-state index contributed by atoms with van der Waals surface area (Å²) < 4.78 is 0. The average Bonchev–Trinajstić information content (AvgIpc) is 2.78. The van der Waals surface area contributed by atoms with E-state index in [0.717, 1.165) is 5.69 Å². The fraction of sp³-hybridized carbons (Fsp3) is 0.692. The number of thiazole rings is 1. The highest BCUT2D eigenvalue weighted by molar-refractivity contribution is 7.13. The van der Waals surface area contributed by atoms with Gasteiger partial charge in [-0.3, -0.25) is 4.79 Å². The predicted octanol–water partition coefficient (Wildman–Crippen LogP) is 3.07. The first kappa shape index (κ1) is 13.5. The molecule has 0 radical (unpaired) electrons. The highest BCUT2D eigenvalue weighted by Gasteiger charge is 2.17. The molecule has 0 spiro atoms. The number of hydrogen-bond donors (Lipinski definition) is 2. The van der Waals surface area contributed by atoms with Crippen LogP contribution in [0.3, 0.4) is 0 Å². The molecule has 18 heavy (non-hydrogen) atoms. The first-order valence-corrected chi connectivity index (χ1v) is 7.54. The first-order chi connectivity index (χ1) is 8.65. The molecular formula is C13H21N3OS. The second kappa shape index (κ2) is 6.29. The quantitative estimate of drug-likeness (QED) is 0.881. The van der Waals surface area contributed by atoms with Gasteiger partial charge in [0.1, 0.15) is 0 Å². The summed E-state index contributed by atoms with van der Waals surface area (Å²) in [6.45, 7) is 1.89. The number of carbonyl (C=O) groups is 1. The molecule has 4 nitrogen and oxygen atoms in total. The van der Waals surface area contributed by atoms with Crippen LogP contribution in [0.25, 0.3) is 0 Å². The summed E-state index contributed by atoms with van der Waals surface area (Å²) in [5.41, 5.74) is 6.58. The maximum Gasteiger partial charge on any atom is 0.226 e. The lowest BCUT2D eigenvalue weighted by Gasteiger charge is -2.20. The Labute approximate surface area is 112 Å². The number of nitrogens with zero attached hydrogens (tertiary/aromatic N) is 1. The molecule has 0 aliphatic heterocycles. The van der Waals surface area contributed by atoms with Crippen LogP contribution >= 0.6 is 11.3 Å². The first-order valence-electron chi connectivity index (χ1n) is 6.66. The van der Waals surface area contributed by atoms with Gasteiger partial charge in [-0.25, -0.2) is 4.98 Å². The van der Waals surface area contributed by atoms with E-state index in [1.807, 2.05) is 12.3 Å². The van der Waals surface area contributed by atoms with E-state index < -0.39 is 0 Å². The Morgan fingerprint density at radius 3 is 2.89 bits per heavy atom. The number of nitrogens with two attached hydrogens (primary N) is 1. The van der Waals surface area contributed by atoms with Gasteiger partial charge in [0.15, 0.2) is 5.13 Å². The van der Waals surface area contributed by atoms with E-state index in [2.05, 4.69) is 10.3 Å². The van der Waals surface area contributed by atoms with E-state index >= 15 is 0 Å². The number of nitrogens with one attached hydrogen (secondary N) is 1. The van der Waals surface area contributed by atoms with E-state index in [9.17, 15) is 4.79 Å². The molecule has 2 rings (SSSR count). The molecule has 1 aliphatic rings. The molecule has 1 aromatic rings. The SMILES string of the molecule is CC(N)c1csc(NC(=O)CC2CCCCC2)n1. The maximum absolute atomic E-state index is 11.9. The molecule has 3 N–H and O–H groups in total. The number of amides is 1. The monoisotopic (exact) mass is 267 g/mol. The summed E-state index contributed by atoms with van der Waals surface area (Å²) in [7, 11) is 0. The molecule has 1 heterocycles. The fourth-order valence-electron chi connectivity index (χ4n) is 2.38. The Morgan fingerprint density at radius 2 is 2.28 bits per heavy atom. The topological polar surface area (TPSA) is 68.0 Å². The summed E-state index contributed by atoms with van der Waals surface area (Å²) in [5.74, 6) is 0.652. The van der Waals surface area contributed by atoms with Gasteiger partial charge in [-0.05, 0) is 25.7 Å². The van der Waals surface area contributed by atoms with Crippen molar-refractivity contribution in [2.24, 2.45) is 11.7 Å². The normalized spacial score (nSPS) is 18.6. The van der Waals surface area contributed by atoms with Gasteiger partial charge in [0.05, 0.1) is 5.69 Å². The van der Waals surface area contributed by atoms with Crippen molar-refractivity contribution in [1.82, 2.24) is 4.98 Å². The van der Waals surface area contributed by atoms with Crippen molar-refractivity contribution in [2.75, 3.05) is 5.32 Å². The summed E-state index contributed by atoms with van der Waals surface area (Å²) in [4.78, 5) is 16.2. The van der Waals surface area contributed by atoms with E-state index in [1.165, 1.54) is 43.4 Å². The number of hydrogen-bond acceptors (Lipinski definition) is 4. The lowest BCUT2D eigenvalue weighted by atomic mass is 9.87. The third-order valence-corrected chi connectivity index (χ3v) is 4.21. The summed E-state index contributed by atoms with van der Waals surface area (Å²) in [5, 5.41) is 5.45. The van der Waals surface area contributed by atoms with Gasteiger partial charge in [-0.2, -0.15) is 0 Å². The second-order valence-electron chi connectivity index (χ2n) is 5.12. The zero-order valence-electron chi connectivity index (χ0n) is 10.8. The van der Waals surface area contributed by atoms with Crippen LogP contribution in [0.1, 0.15) is 57.2 Å². The molecule has 1 atom stereocenters. The molecule has 0 saturated heterocycles. The lowest BCUT2D eigenvalue weighted by Crippen LogP contribution is -2.18. The smallest absolute Gasteiger partial charge is 0.226 e. The second-order valence-corrected chi connectivity index (χ2v) is 5.98. The minimum absolute atomic E-state index is 0.0785. The predicted molar refractivity (Wildman–Crippen MR) is 74.5 cm³/mol. The summed E-state index contributed by atoms with van der Waals surface area (Å²) in [6.07, 6.45) is 6.87. The van der Waals surface area contributed by atoms with Crippen LogP contribution in [0.15, 0.2) is 5.38 Å². The highest BCUT2D eigenvalue weighted by Crippen LogP contribution is 2.27. The van der Waals surface area contributed by atoms with Gasteiger partial charge < -0.3 is 11.1 Å². The molecule has 1 unspecified atom stereocenters. The Bertz CT molecular complexity index is 397. The zero-order chi connectivity index (χ0) is 13.0. The Kier molecular flexibility index (Phi) is 4.72. The van der Waals surface area contributed by atoms with Crippen LogP contribution in [-0.2, 0) is 4.79 Å². The van der Waals surface area contributed by atoms with Gasteiger partial charge in [0.25, 0.3) is 0 Å². The fourth-order valence-corrected chi connectivity index (χ4v) is 3.21. The standard InChI is InChI=1S/C13H21N3OS/c1-9(14)11-8-18-13(15-11)16-12(17)7-10-5-3-2-4-6-10/h8-10H,2-7,14H2,1H3,(H,15,16,17). The van der Waals surface area contributed by atoms with E-state index in [-0.39, 0.29) is 11.9 Å². The largest absolute Gasteiger partial charge is 0.323 e. The maximum atomic E-state index is 11.9. The van der Waals surface area contributed by atoms with Crippen molar-refractivity contribution < 1.29 is 4.79 Å². The molecule has 5 heteroatoms. The molecule has 1 aromatic heterocycles. The van der Waals surface area contributed by atoms with E-state index in [1.54, 1.807) is 0 Å². The van der Waals surface area contributed by atoms with E-state index in [0.29, 0.717) is 17.5 Å². The zero-order valence-corrected chi connectivity index (χ0v) is 11.6.